The molecule has 9 heteroatoms. The van der Waals surface area contributed by atoms with Crippen molar-refractivity contribution in [3.63, 3.8) is 0 Å². The quantitative estimate of drug-likeness (QED) is 0.758. The maximum atomic E-state index is 12.7. The Morgan fingerprint density at radius 3 is 2.69 bits per heavy atom. The molecular formula is C17H16F3N5O. The van der Waals surface area contributed by atoms with Crippen LogP contribution in [0.3, 0.4) is 0 Å². The lowest BCUT2D eigenvalue weighted by molar-refractivity contribution is -0.141. The van der Waals surface area contributed by atoms with Crippen molar-refractivity contribution in [2.75, 3.05) is 5.32 Å². The van der Waals surface area contributed by atoms with Crippen LogP contribution in [-0.4, -0.2) is 25.5 Å². The predicted molar refractivity (Wildman–Crippen MR) is 88.4 cm³/mol. The van der Waals surface area contributed by atoms with Crippen LogP contribution in [0.25, 0.3) is 0 Å². The van der Waals surface area contributed by atoms with Crippen molar-refractivity contribution in [2.24, 2.45) is 0 Å². The highest BCUT2D eigenvalue weighted by Gasteiger charge is 2.34. The van der Waals surface area contributed by atoms with E-state index in [1.807, 2.05) is 18.3 Å². The van der Waals surface area contributed by atoms with Gasteiger partial charge in [-0.1, -0.05) is 12.1 Å². The van der Waals surface area contributed by atoms with Gasteiger partial charge in [0.1, 0.15) is 6.54 Å². The van der Waals surface area contributed by atoms with Crippen LogP contribution in [0.1, 0.15) is 17.0 Å². The predicted octanol–water partition coefficient (Wildman–Crippen LogP) is 3.09. The number of nitrogens with zero attached hydrogens (tertiary/aromatic N) is 4. The van der Waals surface area contributed by atoms with Crippen LogP contribution < -0.4 is 5.32 Å². The Hall–Kier alpha value is -3.10. The molecule has 26 heavy (non-hydrogen) atoms. The fraction of sp³-hybridized carbons (Fsp3) is 0.235. The van der Waals surface area contributed by atoms with E-state index in [0.29, 0.717) is 12.2 Å². The molecule has 3 rings (SSSR count). The normalized spacial score (nSPS) is 11.5. The molecule has 0 atom stereocenters. The molecule has 0 aliphatic heterocycles. The lowest BCUT2D eigenvalue weighted by Crippen LogP contribution is -2.21. The number of alkyl halides is 3. The number of hydrogen-bond donors (Lipinski definition) is 1. The first-order valence-electron chi connectivity index (χ1n) is 7.79. The zero-order valence-electron chi connectivity index (χ0n) is 13.9. The Bertz CT molecular complexity index is 900. The fourth-order valence-corrected chi connectivity index (χ4v) is 2.47. The van der Waals surface area contributed by atoms with E-state index in [1.165, 1.54) is 6.92 Å². The summed E-state index contributed by atoms with van der Waals surface area (Å²) in [5.74, 6) is -0.457. The standard InChI is InChI=1S/C17H16F3N5O/c1-12-8-15(17(18,19)20)23-25(12)11-16(26)22-14-5-2-4-13(9-14)10-24-7-3-6-21-24/h2-9H,10-11H2,1H3,(H,22,26). The van der Waals surface area contributed by atoms with E-state index in [9.17, 15) is 18.0 Å². The maximum absolute atomic E-state index is 12.7. The molecule has 1 N–H and O–H groups in total. The van der Waals surface area contributed by atoms with Gasteiger partial charge in [-0.2, -0.15) is 23.4 Å². The lowest BCUT2D eigenvalue weighted by Gasteiger charge is -2.09. The molecule has 2 aromatic heterocycles. The van der Waals surface area contributed by atoms with Gasteiger partial charge >= 0.3 is 6.18 Å². The summed E-state index contributed by atoms with van der Waals surface area (Å²) in [7, 11) is 0. The van der Waals surface area contributed by atoms with E-state index >= 15 is 0 Å². The first-order chi connectivity index (χ1) is 12.3. The molecule has 0 bridgehead atoms. The van der Waals surface area contributed by atoms with Crippen LogP contribution in [0.2, 0.25) is 0 Å². The minimum Gasteiger partial charge on any atom is -0.324 e. The summed E-state index contributed by atoms with van der Waals surface area (Å²) < 4.78 is 40.8. The van der Waals surface area contributed by atoms with Crippen molar-refractivity contribution in [2.45, 2.75) is 26.2 Å². The number of rotatable bonds is 5. The maximum Gasteiger partial charge on any atom is 0.435 e. The summed E-state index contributed by atoms with van der Waals surface area (Å²) in [5, 5.41) is 10.2. The Balaban J connectivity index is 1.66. The average molecular weight is 363 g/mol. The van der Waals surface area contributed by atoms with Gasteiger partial charge in [0.2, 0.25) is 5.91 Å². The van der Waals surface area contributed by atoms with E-state index in [-0.39, 0.29) is 12.2 Å². The molecule has 0 saturated carbocycles. The summed E-state index contributed by atoms with van der Waals surface area (Å²) >= 11 is 0. The minimum absolute atomic E-state index is 0.264. The molecule has 0 aliphatic carbocycles. The Morgan fingerprint density at radius 2 is 2.04 bits per heavy atom. The van der Waals surface area contributed by atoms with Gasteiger partial charge in [0, 0.05) is 23.8 Å². The van der Waals surface area contributed by atoms with Crippen molar-refractivity contribution >= 4 is 11.6 Å². The topological polar surface area (TPSA) is 64.7 Å². The van der Waals surface area contributed by atoms with Crippen LogP contribution in [0, 0.1) is 6.92 Å². The van der Waals surface area contributed by atoms with E-state index < -0.39 is 17.8 Å². The number of hydrogen-bond acceptors (Lipinski definition) is 3. The largest absolute Gasteiger partial charge is 0.435 e. The Labute approximate surface area is 147 Å². The molecule has 0 aliphatic rings. The summed E-state index contributed by atoms with van der Waals surface area (Å²) in [5.41, 5.74) is 0.741. The van der Waals surface area contributed by atoms with Gasteiger partial charge in [-0.25, -0.2) is 0 Å². The molecule has 1 amide bonds. The number of aromatic nitrogens is 4. The number of amides is 1. The van der Waals surface area contributed by atoms with Gasteiger partial charge < -0.3 is 5.32 Å². The number of anilines is 1. The second kappa shape index (κ2) is 7.03. The molecule has 0 spiro atoms. The Kier molecular flexibility index (Phi) is 4.79. The number of halogens is 3. The number of carbonyl (C=O) groups is 1. The Morgan fingerprint density at radius 1 is 1.23 bits per heavy atom. The van der Waals surface area contributed by atoms with E-state index in [1.54, 1.807) is 29.1 Å². The summed E-state index contributed by atoms with van der Waals surface area (Å²) in [4.78, 5) is 12.2. The first kappa shape index (κ1) is 17.7. The molecule has 3 aromatic rings. The van der Waals surface area contributed by atoms with Gasteiger partial charge in [-0.15, -0.1) is 0 Å². The number of benzene rings is 1. The van der Waals surface area contributed by atoms with Crippen molar-refractivity contribution in [1.29, 1.82) is 0 Å². The van der Waals surface area contributed by atoms with Gasteiger partial charge in [-0.3, -0.25) is 14.2 Å². The van der Waals surface area contributed by atoms with Gasteiger partial charge in [0.25, 0.3) is 0 Å². The molecule has 1 aromatic carbocycles. The number of aryl methyl sites for hydroxylation is 1. The third kappa shape index (κ3) is 4.29. The molecule has 2 heterocycles. The minimum atomic E-state index is -4.53. The second-order valence-electron chi connectivity index (χ2n) is 5.78. The van der Waals surface area contributed by atoms with Gasteiger partial charge in [0.15, 0.2) is 5.69 Å². The molecule has 6 nitrogen and oxygen atoms in total. The average Bonchev–Trinajstić information content (AvgIpc) is 3.18. The van der Waals surface area contributed by atoms with Crippen molar-refractivity contribution in [3.8, 4) is 0 Å². The third-order valence-corrected chi connectivity index (χ3v) is 3.68. The highest BCUT2D eigenvalue weighted by Crippen LogP contribution is 2.28. The highest BCUT2D eigenvalue weighted by molar-refractivity contribution is 5.90. The van der Waals surface area contributed by atoms with Gasteiger partial charge in [-0.05, 0) is 36.8 Å². The molecule has 0 saturated heterocycles. The third-order valence-electron chi connectivity index (χ3n) is 3.68. The second-order valence-corrected chi connectivity index (χ2v) is 5.78. The van der Waals surface area contributed by atoms with Crippen LogP contribution in [0.5, 0.6) is 0 Å². The summed E-state index contributed by atoms with van der Waals surface area (Å²) in [6.07, 6.45) is -1.04. The van der Waals surface area contributed by atoms with Crippen molar-refractivity contribution in [3.05, 3.63) is 65.7 Å². The summed E-state index contributed by atoms with van der Waals surface area (Å²) in [6, 6.07) is 9.91. The van der Waals surface area contributed by atoms with Crippen molar-refractivity contribution in [1.82, 2.24) is 19.6 Å². The molecule has 0 unspecified atom stereocenters. The SMILES string of the molecule is Cc1cc(C(F)(F)F)nn1CC(=O)Nc1cccc(Cn2cccn2)c1. The molecule has 0 radical (unpaired) electrons. The highest BCUT2D eigenvalue weighted by atomic mass is 19.4. The number of nitrogens with one attached hydrogen (secondary N) is 1. The lowest BCUT2D eigenvalue weighted by atomic mass is 10.2. The number of carbonyl (C=O) groups excluding carboxylic acids is 1. The summed E-state index contributed by atoms with van der Waals surface area (Å²) in [6.45, 7) is 1.72. The van der Waals surface area contributed by atoms with Crippen LogP contribution >= 0.6 is 0 Å². The zero-order valence-corrected chi connectivity index (χ0v) is 13.9. The smallest absolute Gasteiger partial charge is 0.324 e. The van der Waals surface area contributed by atoms with Crippen molar-refractivity contribution < 1.29 is 18.0 Å². The van der Waals surface area contributed by atoms with Crippen LogP contribution in [-0.2, 0) is 24.1 Å². The monoisotopic (exact) mass is 363 g/mol. The van der Waals surface area contributed by atoms with Crippen LogP contribution in [0.15, 0.2) is 48.8 Å². The zero-order chi connectivity index (χ0) is 18.7. The molecule has 0 fully saturated rings. The van der Waals surface area contributed by atoms with E-state index in [2.05, 4.69) is 15.5 Å². The van der Waals surface area contributed by atoms with E-state index in [4.69, 9.17) is 0 Å². The fourth-order valence-electron chi connectivity index (χ4n) is 2.47. The molecular weight excluding hydrogens is 347 g/mol. The first-order valence-corrected chi connectivity index (χ1v) is 7.79. The van der Waals surface area contributed by atoms with Gasteiger partial charge in [0.05, 0.1) is 6.54 Å². The molecule has 136 valence electrons. The van der Waals surface area contributed by atoms with Crippen LogP contribution in [0.4, 0.5) is 18.9 Å². The van der Waals surface area contributed by atoms with E-state index in [0.717, 1.165) is 16.3 Å².